The molecule has 4 aliphatic carbocycles. The Morgan fingerprint density at radius 2 is 1.71 bits per heavy atom. The predicted molar refractivity (Wildman–Crippen MR) is 86.8 cm³/mol. The van der Waals surface area contributed by atoms with Crippen LogP contribution in [0.3, 0.4) is 0 Å². The monoisotopic (exact) mass is 286 g/mol. The molecule has 3 saturated carbocycles. The summed E-state index contributed by atoms with van der Waals surface area (Å²) in [6.07, 6.45) is 12.2. The molecule has 1 N–H and O–H groups in total. The van der Waals surface area contributed by atoms with Gasteiger partial charge in [0.25, 0.3) is 0 Å². The van der Waals surface area contributed by atoms with E-state index in [9.17, 15) is 5.11 Å². The Morgan fingerprint density at radius 1 is 1.00 bits per heavy atom. The molecule has 0 spiro atoms. The van der Waals surface area contributed by atoms with Crippen molar-refractivity contribution in [2.45, 2.75) is 71.3 Å². The summed E-state index contributed by atoms with van der Waals surface area (Å²) in [4.78, 5) is 0. The molecule has 0 radical (unpaired) electrons. The van der Waals surface area contributed by atoms with Crippen LogP contribution in [0.5, 0.6) is 0 Å². The van der Waals surface area contributed by atoms with E-state index in [1.54, 1.807) is 5.57 Å². The summed E-state index contributed by atoms with van der Waals surface area (Å²) in [6, 6.07) is 0. The summed E-state index contributed by atoms with van der Waals surface area (Å²) in [5.41, 5.74) is 3.94. The van der Waals surface area contributed by atoms with E-state index >= 15 is 0 Å². The standard InChI is InChI=1S/C20H30O/c1-13-4-7-17-16-6-5-14-12-15(21)8-10-20(14,3)18(16)9-11-19(13,17)2/h12,15-18,21H,1,4-11H2,2-3H3/t15?,16-,17-,18-,19+,20-/m0/s1. The minimum Gasteiger partial charge on any atom is -0.389 e. The molecular weight excluding hydrogens is 256 g/mol. The fourth-order valence-corrected chi connectivity index (χ4v) is 6.62. The Hall–Kier alpha value is -0.560. The smallest absolute Gasteiger partial charge is 0.0724 e. The summed E-state index contributed by atoms with van der Waals surface area (Å²) in [7, 11) is 0. The Bertz CT molecular complexity index is 504. The molecule has 1 unspecified atom stereocenters. The maximum atomic E-state index is 10.00. The molecule has 0 aromatic carbocycles. The van der Waals surface area contributed by atoms with Gasteiger partial charge in [0.15, 0.2) is 0 Å². The molecule has 0 saturated heterocycles. The highest BCUT2D eigenvalue weighted by Crippen LogP contribution is 2.66. The average molecular weight is 286 g/mol. The molecule has 0 heterocycles. The zero-order chi connectivity index (χ0) is 14.8. The van der Waals surface area contributed by atoms with Gasteiger partial charge in [0.1, 0.15) is 0 Å². The van der Waals surface area contributed by atoms with Crippen molar-refractivity contribution in [3.63, 3.8) is 0 Å². The normalized spacial score (nSPS) is 52.7. The zero-order valence-electron chi connectivity index (χ0n) is 13.7. The van der Waals surface area contributed by atoms with E-state index in [1.165, 1.54) is 50.5 Å². The number of fused-ring (bicyclic) bond motifs is 5. The van der Waals surface area contributed by atoms with Crippen molar-refractivity contribution >= 4 is 0 Å². The van der Waals surface area contributed by atoms with E-state index in [2.05, 4.69) is 26.5 Å². The van der Waals surface area contributed by atoms with Crippen LogP contribution in [0.2, 0.25) is 0 Å². The SMILES string of the molecule is C=C1CC[C@H]2[C@@H]3CCC4=CC(O)CC[C@]4(C)[C@H]3CC[C@]12C. The van der Waals surface area contributed by atoms with Crippen LogP contribution in [-0.4, -0.2) is 11.2 Å². The predicted octanol–water partition coefficient (Wildman–Crippen LogP) is 4.87. The number of hydrogen-bond donors (Lipinski definition) is 1. The second-order valence-electron chi connectivity index (χ2n) is 8.73. The maximum Gasteiger partial charge on any atom is 0.0724 e. The van der Waals surface area contributed by atoms with Crippen molar-refractivity contribution in [3.8, 4) is 0 Å². The average Bonchev–Trinajstić information content (AvgIpc) is 2.76. The number of hydrogen-bond acceptors (Lipinski definition) is 1. The lowest BCUT2D eigenvalue weighted by atomic mass is 9.47. The van der Waals surface area contributed by atoms with E-state index in [4.69, 9.17) is 0 Å². The van der Waals surface area contributed by atoms with Crippen LogP contribution in [0, 0.1) is 28.6 Å². The van der Waals surface area contributed by atoms with E-state index in [0.717, 1.165) is 24.2 Å². The highest BCUT2D eigenvalue weighted by molar-refractivity contribution is 5.28. The Balaban J connectivity index is 1.69. The van der Waals surface area contributed by atoms with Gasteiger partial charge in [-0.05, 0) is 80.0 Å². The van der Waals surface area contributed by atoms with Crippen molar-refractivity contribution in [2.75, 3.05) is 0 Å². The molecule has 0 aromatic heterocycles. The van der Waals surface area contributed by atoms with Crippen LogP contribution in [0.1, 0.15) is 65.2 Å². The largest absolute Gasteiger partial charge is 0.389 e. The van der Waals surface area contributed by atoms with Crippen molar-refractivity contribution in [2.24, 2.45) is 28.6 Å². The molecule has 1 nitrogen and oxygen atoms in total. The molecule has 0 aliphatic heterocycles. The second kappa shape index (κ2) is 4.47. The van der Waals surface area contributed by atoms with Gasteiger partial charge in [-0.3, -0.25) is 0 Å². The first-order valence-electron chi connectivity index (χ1n) is 9.02. The van der Waals surface area contributed by atoms with Gasteiger partial charge in [0, 0.05) is 0 Å². The first-order chi connectivity index (χ1) is 9.95. The molecule has 3 fully saturated rings. The van der Waals surface area contributed by atoms with E-state index in [1.807, 2.05) is 0 Å². The number of rotatable bonds is 0. The topological polar surface area (TPSA) is 20.2 Å². The maximum absolute atomic E-state index is 10.00. The summed E-state index contributed by atoms with van der Waals surface area (Å²) >= 11 is 0. The first-order valence-corrected chi connectivity index (χ1v) is 9.02. The van der Waals surface area contributed by atoms with Crippen LogP contribution < -0.4 is 0 Å². The van der Waals surface area contributed by atoms with E-state index < -0.39 is 0 Å². The van der Waals surface area contributed by atoms with Gasteiger partial charge in [0.05, 0.1) is 6.10 Å². The molecule has 4 rings (SSSR count). The van der Waals surface area contributed by atoms with Gasteiger partial charge in [0.2, 0.25) is 0 Å². The third-order valence-corrected chi connectivity index (χ3v) is 8.04. The van der Waals surface area contributed by atoms with Crippen LogP contribution >= 0.6 is 0 Å². The third-order valence-electron chi connectivity index (χ3n) is 8.04. The summed E-state index contributed by atoms with van der Waals surface area (Å²) < 4.78 is 0. The summed E-state index contributed by atoms with van der Waals surface area (Å²) in [6.45, 7) is 9.42. The second-order valence-corrected chi connectivity index (χ2v) is 8.73. The van der Waals surface area contributed by atoms with Crippen LogP contribution in [-0.2, 0) is 0 Å². The number of aliphatic hydroxyl groups is 1. The fraction of sp³-hybridized carbons (Fsp3) is 0.800. The Kier molecular flexibility index (Phi) is 2.99. The highest BCUT2D eigenvalue weighted by Gasteiger charge is 2.57. The van der Waals surface area contributed by atoms with Gasteiger partial charge in [-0.2, -0.15) is 0 Å². The molecule has 1 heteroatoms. The Labute approximate surface area is 129 Å². The van der Waals surface area contributed by atoms with Gasteiger partial charge in [-0.15, -0.1) is 0 Å². The molecule has 116 valence electrons. The minimum absolute atomic E-state index is 0.176. The van der Waals surface area contributed by atoms with Crippen molar-refractivity contribution in [3.05, 3.63) is 23.8 Å². The molecule has 6 atom stereocenters. The van der Waals surface area contributed by atoms with E-state index in [0.29, 0.717) is 10.8 Å². The lowest BCUT2D eigenvalue weighted by Crippen LogP contribution is -2.49. The van der Waals surface area contributed by atoms with E-state index in [-0.39, 0.29) is 6.10 Å². The van der Waals surface area contributed by atoms with Crippen LogP contribution in [0.4, 0.5) is 0 Å². The van der Waals surface area contributed by atoms with Crippen molar-refractivity contribution in [1.29, 1.82) is 0 Å². The Morgan fingerprint density at radius 3 is 2.52 bits per heavy atom. The fourth-order valence-electron chi connectivity index (χ4n) is 6.62. The molecule has 0 aromatic rings. The van der Waals surface area contributed by atoms with Gasteiger partial charge >= 0.3 is 0 Å². The third kappa shape index (κ3) is 1.79. The summed E-state index contributed by atoms with van der Waals surface area (Å²) in [5, 5.41) is 10.00. The van der Waals surface area contributed by atoms with Gasteiger partial charge in [-0.25, -0.2) is 0 Å². The lowest BCUT2D eigenvalue weighted by molar-refractivity contribution is -0.0313. The zero-order valence-corrected chi connectivity index (χ0v) is 13.7. The van der Waals surface area contributed by atoms with Gasteiger partial charge < -0.3 is 5.11 Å². The quantitative estimate of drug-likeness (QED) is 0.630. The van der Waals surface area contributed by atoms with Crippen LogP contribution in [0.15, 0.2) is 23.8 Å². The van der Waals surface area contributed by atoms with Crippen molar-refractivity contribution in [1.82, 2.24) is 0 Å². The minimum atomic E-state index is -0.176. The molecule has 4 aliphatic rings. The summed E-state index contributed by atoms with van der Waals surface area (Å²) in [5.74, 6) is 2.64. The van der Waals surface area contributed by atoms with Crippen molar-refractivity contribution < 1.29 is 5.11 Å². The highest BCUT2D eigenvalue weighted by atomic mass is 16.3. The lowest BCUT2D eigenvalue weighted by Gasteiger charge is -2.58. The van der Waals surface area contributed by atoms with Gasteiger partial charge in [-0.1, -0.05) is 37.6 Å². The molecule has 21 heavy (non-hydrogen) atoms. The molecule has 0 amide bonds. The number of aliphatic hydroxyl groups excluding tert-OH is 1. The van der Waals surface area contributed by atoms with Crippen LogP contribution in [0.25, 0.3) is 0 Å². The number of allylic oxidation sites excluding steroid dienone is 2. The molecule has 0 bridgehead atoms. The first kappa shape index (κ1) is 14.1. The molecular formula is C20H30O.